The lowest BCUT2D eigenvalue weighted by Gasteiger charge is -2.07. The standard InChI is InChI=1S/C17H17NO4S/c1-2-22-17(19)15-9-6-10-16(13-15)18-23(20,21)12-11-14-7-4-3-5-8-14/h3-13,18H,2H2,1H3/b12-11+. The van der Waals surface area contributed by atoms with Gasteiger partial charge in [-0.2, -0.15) is 0 Å². The molecular formula is C17H17NO4S. The number of sulfonamides is 1. The van der Waals surface area contributed by atoms with Crippen LogP contribution in [0, 0.1) is 0 Å². The summed E-state index contributed by atoms with van der Waals surface area (Å²) in [5.74, 6) is -0.492. The number of anilines is 1. The molecule has 2 rings (SSSR count). The lowest BCUT2D eigenvalue weighted by molar-refractivity contribution is 0.0526. The van der Waals surface area contributed by atoms with Crippen molar-refractivity contribution >= 4 is 27.8 Å². The Labute approximate surface area is 135 Å². The zero-order valence-electron chi connectivity index (χ0n) is 12.6. The van der Waals surface area contributed by atoms with Crippen molar-refractivity contribution in [2.75, 3.05) is 11.3 Å². The minimum Gasteiger partial charge on any atom is -0.462 e. The molecule has 0 heterocycles. The average molecular weight is 331 g/mol. The fraction of sp³-hybridized carbons (Fsp3) is 0.118. The molecular weight excluding hydrogens is 314 g/mol. The maximum absolute atomic E-state index is 12.1. The molecule has 0 spiro atoms. The largest absolute Gasteiger partial charge is 0.462 e. The SMILES string of the molecule is CCOC(=O)c1cccc(NS(=O)(=O)/C=C/c2ccccc2)c1. The van der Waals surface area contributed by atoms with Gasteiger partial charge in [0.05, 0.1) is 17.6 Å². The monoisotopic (exact) mass is 331 g/mol. The number of nitrogens with one attached hydrogen (secondary N) is 1. The zero-order chi connectivity index (χ0) is 16.7. The lowest BCUT2D eigenvalue weighted by Crippen LogP contribution is -2.10. The van der Waals surface area contributed by atoms with E-state index in [-0.39, 0.29) is 6.61 Å². The molecule has 0 aromatic heterocycles. The quantitative estimate of drug-likeness (QED) is 0.825. The van der Waals surface area contributed by atoms with Gasteiger partial charge in [-0.1, -0.05) is 36.4 Å². The zero-order valence-corrected chi connectivity index (χ0v) is 13.4. The van der Waals surface area contributed by atoms with Gasteiger partial charge in [0.1, 0.15) is 0 Å². The Morgan fingerprint density at radius 1 is 1.13 bits per heavy atom. The highest BCUT2D eigenvalue weighted by Crippen LogP contribution is 2.14. The van der Waals surface area contributed by atoms with Crippen LogP contribution >= 0.6 is 0 Å². The molecule has 2 aromatic carbocycles. The Kier molecular flexibility index (Phi) is 5.54. The van der Waals surface area contributed by atoms with Gasteiger partial charge in [0, 0.05) is 5.69 Å². The van der Waals surface area contributed by atoms with Crippen molar-refractivity contribution in [2.24, 2.45) is 0 Å². The first-order valence-electron chi connectivity index (χ1n) is 7.03. The van der Waals surface area contributed by atoms with Crippen molar-refractivity contribution in [2.45, 2.75) is 6.92 Å². The highest BCUT2D eigenvalue weighted by molar-refractivity contribution is 7.95. The normalized spacial score (nSPS) is 11.3. The van der Waals surface area contributed by atoms with Crippen molar-refractivity contribution < 1.29 is 17.9 Å². The predicted octanol–water partition coefficient (Wildman–Crippen LogP) is 3.28. The van der Waals surface area contributed by atoms with Crippen molar-refractivity contribution in [3.05, 3.63) is 71.1 Å². The Bertz CT molecular complexity index is 798. The molecule has 0 aliphatic rings. The summed E-state index contributed by atoms with van der Waals surface area (Å²) in [5.41, 5.74) is 1.37. The van der Waals surface area contributed by atoms with E-state index in [9.17, 15) is 13.2 Å². The van der Waals surface area contributed by atoms with E-state index in [2.05, 4.69) is 4.72 Å². The fourth-order valence-electron chi connectivity index (χ4n) is 1.85. The third-order valence-electron chi connectivity index (χ3n) is 2.87. The molecule has 0 unspecified atom stereocenters. The van der Waals surface area contributed by atoms with Crippen LogP contribution in [0.3, 0.4) is 0 Å². The van der Waals surface area contributed by atoms with Crippen LogP contribution in [0.15, 0.2) is 60.0 Å². The number of hydrogen-bond donors (Lipinski definition) is 1. The van der Waals surface area contributed by atoms with Crippen LogP contribution in [0.2, 0.25) is 0 Å². The third-order valence-corrected chi connectivity index (χ3v) is 3.89. The molecule has 5 nitrogen and oxygen atoms in total. The second-order valence-electron chi connectivity index (χ2n) is 4.66. The van der Waals surface area contributed by atoms with Gasteiger partial charge in [-0.15, -0.1) is 0 Å². The molecule has 2 aromatic rings. The first kappa shape index (κ1) is 16.8. The summed E-state index contributed by atoms with van der Waals surface area (Å²) in [5, 5.41) is 1.08. The number of carbonyl (C=O) groups is 1. The smallest absolute Gasteiger partial charge is 0.338 e. The number of esters is 1. The van der Waals surface area contributed by atoms with Crippen molar-refractivity contribution in [1.29, 1.82) is 0 Å². The highest BCUT2D eigenvalue weighted by atomic mass is 32.2. The van der Waals surface area contributed by atoms with Crippen LogP contribution < -0.4 is 4.72 Å². The van der Waals surface area contributed by atoms with Crippen LogP contribution in [0.4, 0.5) is 5.69 Å². The summed E-state index contributed by atoms with van der Waals surface area (Å²) in [6, 6.07) is 15.2. The number of rotatable bonds is 6. The van der Waals surface area contributed by atoms with Gasteiger partial charge >= 0.3 is 5.97 Å². The first-order valence-corrected chi connectivity index (χ1v) is 8.58. The minimum atomic E-state index is -3.67. The molecule has 0 saturated carbocycles. The van der Waals surface area contributed by atoms with E-state index in [0.717, 1.165) is 11.0 Å². The molecule has 0 saturated heterocycles. The maximum atomic E-state index is 12.1. The van der Waals surface area contributed by atoms with Crippen LogP contribution in [-0.2, 0) is 14.8 Å². The summed E-state index contributed by atoms with van der Waals surface area (Å²) in [7, 11) is -3.67. The Morgan fingerprint density at radius 3 is 2.57 bits per heavy atom. The van der Waals surface area contributed by atoms with Crippen LogP contribution in [0.1, 0.15) is 22.8 Å². The van der Waals surface area contributed by atoms with Gasteiger partial charge < -0.3 is 4.74 Å². The minimum absolute atomic E-state index is 0.259. The average Bonchev–Trinajstić information content (AvgIpc) is 2.54. The summed E-state index contributed by atoms with van der Waals surface area (Å²) < 4.78 is 31.4. The van der Waals surface area contributed by atoms with Gasteiger partial charge in [0.25, 0.3) is 10.0 Å². The second kappa shape index (κ2) is 7.60. The molecule has 0 aliphatic carbocycles. The van der Waals surface area contributed by atoms with E-state index in [1.54, 1.807) is 37.3 Å². The van der Waals surface area contributed by atoms with Crippen molar-refractivity contribution in [3.8, 4) is 0 Å². The van der Waals surface area contributed by atoms with Crippen LogP contribution in [0.25, 0.3) is 6.08 Å². The van der Waals surface area contributed by atoms with Gasteiger partial charge in [0.15, 0.2) is 0 Å². The van der Waals surface area contributed by atoms with E-state index in [4.69, 9.17) is 4.74 Å². The molecule has 1 N–H and O–H groups in total. The fourth-order valence-corrected chi connectivity index (χ4v) is 2.71. The number of ether oxygens (including phenoxy) is 1. The topological polar surface area (TPSA) is 72.5 Å². The molecule has 23 heavy (non-hydrogen) atoms. The van der Waals surface area contributed by atoms with Crippen LogP contribution in [-0.4, -0.2) is 21.0 Å². The predicted molar refractivity (Wildman–Crippen MR) is 90.4 cm³/mol. The Balaban J connectivity index is 2.13. The second-order valence-corrected chi connectivity index (χ2v) is 6.23. The van der Waals surface area contributed by atoms with Gasteiger partial charge in [-0.3, -0.25) is 4.72 Å². The third kappa shape index (κ3) is 5.27. The molecule has 0 amide bonds. The van der Waals surface area contributed by atoms with E-state index >= 15 is 0 Å². The van der Waals surface area contributed by atoms with E-state index in [1.807, 2.05) is 18.2 Å². The first-order chi connectivity index (χ1) is 11.0. The van der Waals surface area contributed by atoms with Crippen LogP contribution in [0.5, 0.6) is 0 Å². The number of hydrogen-bond acceptors (Lipinski definition) is 4. The van der Waals surface area contributed by atoms with Gasteiger partial charge in [0.2, 0.25) is 0 Å². The van der Waals surface area contributed by atoms with E-state index in [1.165, 1.54) is 12.1 Å². The molecule has 6 heteroatoms. The highest BCUT2D eigenvalue weighted by Gasteiger charge is 2.10. The Hall–Kier alpha value is -2.60. The summed E-state index contributed by atoms with van der Waals surface area (Å²) >= 11 is 0. The van der Waals surface area contributed by atoms with Crippen molar-refractivity contribution in [1.82, 2.24) is 0 Å². The molecule has 0 fully saturated rings. The Morgan fingerprint density at radius 2 is 1.87 bits per heavy atom. The molecule has 0 radical (unpaired) electrons. The van der Waals surface area contributed by atoms with Gasteiger partial charge in [-0.05, 0) is 36.8 Å². The van der Waals surface area contributed by atoms with E-state index < -0.39 is 16.0 Å². The molecule has 120 valence electrons. The molecule has 0 atom stereocenters. The maximum Gasteiger partial charge on any atom is 0.338 e. The lowest BCUT2D eigenvalue weighted by atomic mass is 10.2. The molecule has 0 bridgehead atoms. The van der Waals surface area contributed by atoms with Crippen molar-refractivity contribution in [3.63, 3.8) is 0 Å². The summed E-state index contributed by atoms with van der Waals surface area (Å²) in [6.07, 6.45) is 1.50. The summed E-state index contributed by atoms with van der Waals surface area (Å²) in [4.78, 5) is 11.7. The van der Waals surface area contributed by atoms with Gasteiger partial charge in [-0.25, -0.2) is 13.2 Å². The summed E-state index contributed by atoms with van der Waals surface area (Å²) in [6.45, 7) is 1.97. The molecule has 0 aliphatic heterocycles. The number of carbonyl (C=O) groups excluding carboxylic acids is 1. The van der Waals surface area contributed by atoms with E-state index in [0.29, 0.717) is 11.3 Å². The number of benzene rings is 2.